The summed E-state index contributed by atoms with van der Waals surface area (Å²) in [7, 11) is 1.51. The van der Waals surface area contributed by atoms with Gasteiger partial charge in [-0.05, 0) is 53.9 Å². The summed E-state index contributed by atoms with van der Waals surface area (Å²) >= 11 is 1.25. The lowest BCUT2D eigenvalue weighted by molar-refractivity contribution is 0.0994. The van der Waals surface area contributed by atoms with Crippen LogP contribution in [0.5, 0.6) is 0 Å². The van der Waals surface area contributed by atoms with E-state index in [1.165, 1.54) is 24.5 Å². The molecular formula is C23H18F2N2O3S. The Hall–Kier alpha value is -3.39. The number of hydrogen-bond acceptors (Lipinski definition) is 5. The molecule has 0 amide bonds. The van der Waals surface area contributed by atoms with Crippen LogP contribution >= 0.6 is 11.3 Å². The highest BCUT2D eigenvalue weighted by Crippen LogP contribution is 2.34. The van der Waals surface area contributed by atoms with Crippen molar-refractivity contribution in [3.63, 3.8) is 0 Å². The summed E-state index contributed by atoms with van der Waals surface area (Å²) in [6.45, 7) is 2.01. The van der Waals surface area contributed by atoms with Gasteiger partial charge in [-0.2, -0.15) is 4.68 Å². The van der Waals surface area contributed by atoms with Crippen LogP contribution in [-0.2, 0) is 19.9 Å². The van der Waals surface area contributed by atoms with Gasteiger partial charge in [0.05, 0.1) is 4.88 Å². The van der Waals surface area contributed by atoms with Crippen LogP contribution < -0.4 is 5.76 Å². The molecule has 0 unspecified atom stereocenters. The predicted molar refractivity (Wildman–Crippen MR) is 114 cm³/mol. The van der Waals surface area contributed by atoms with Gasteiger partial charge in [-0.15, -0.1) is 16.4 Å². The van der Waals surface area contributed by atoms with Crippen molar-refractivity contribution >= 4 is 17.1 Å². The molecule has 0 N–H and O–H groups in total. The number of nitrogens with zero attached hydrogens (tertiary/aromatic N) is 2. The standard InChI is InChI=1S/C23H18F2N2O3S/c1-3-13-7-8-14(22-26-27(2)23(29)30-22)11-15(13)20-9-10-21(31-20)19(28)12-16-17(24)5-4-6-18(16)25/h4-11H,3,12H2,1-2H3. The number of hydrogen-bond donors (Lipinski definition) is 0. The zero-order chi connectivity index (χ0) is 22.1. The van der Waals surface area contributed by atoms with Crippen molar-refractivity contribution in [2.75, 3.05) is 0 Å². The van der Waals surface area contributed by atoms with E-state index in [9.17, 15) is 18.4 Å². The minimum absolute atomic E-state index is 0.208. The fourth-order valence-electron chi connectivity index (χ4n) is 3.29. The molecule has 0 fully saturated rings. The van der Waals surface area contributed by atoms with Gasteiger partial charge in [0.25, 0.3) is 0 Å². The molecule has 0 radical (unpaired) electrons. The highest BCUT2D eigenvalue weighted by molar-refractivity contribution is 7.17. The van der Waals surface area contributed by atoms with Crippen LogP contribution in [0.1, 0.15) is 27.7 Å². The van der Waals surface area contributed by atoms with E-state index in [-0.39, 0.29) is 23.7 Å². The first-order chi connectivity index (χ1) is 14.9. The largest absolute Gasteiger partial charge is 0.437 e. The molecule has 4 aromatic rings. The minimum Gasteiger partial charge on any atom is -0.388 e. The SMILES string of the molecule is CCc1ccc(-c2nn(C)c(=O)o2)cc1-c1ccc(C(=O)Cc2c(F)cccc2F)s1. The number of Topliss-reactive ketones (excluding diaryl/α,β-unsaturated/α-hetero) is 1. The molecule has 5 nitrogen and oxygen atoms in total. The number of carbonyl (C=O) groups is 1. The molecule has 0 aliphatic heterocycles. The number of aromatic nitrogens is 2. The zero-order valence-electron chi connectivity index (χ0n) is 16.8. The average molecular weight is 440 g/mol. The summed E-state index contributed by atoms with van der Waals surface area (Å²) in [4.78, 5) is 25.5. The summed E-state index contributed by atoms with van der Waals surface area (Å²) in [6.07, 6.45) is 0.404. The molecule has 31 heavy (non-hydrogen) atoms. The smallest absolute Gasteiger partial charge is 0.388 e. The molecule has 2 aromatic heterocycles. The Labute approximate surface area is 180 Å². The number of rotatable bonds is 6. The molecule has 0 aliphatic rings. The summed E-state index contributed by atoms with van der Waals surface area (Å²) in [6, 6.07) is 12.6. The Morgan fingerprint density at radius 1 is 1.13 bits per heavy atom. The first kappa shape index (κ1) is 20.9. The van der Waals surface area contributed by atoms with Crippen molar-refractivity contribution < 1.29 is 18.0 Å². The van der Waals surface area contributed by atoms with Crippen LogP contribution in [0.2, 0.25) is 0 Å². The highest BCUT2D eigenvalue weighted by Gasteiger charge is 2.18. The molecule has 0 bridgehead atoms. The number of carbonyl (C=O) groups excluding carboxylic acids is 1. The second-order valence-electron chi connectivity index (χ2n) is 6.99. The van der Waals surface area contributed by atoms with Crippen LogP contribution in [0.3, 0.4) is 0 Å². The quantitative estimate of drug-likeness (QED) is 0.394. The third kappa shape index (κ3) is 4.11. The zero-order valence-corrected chi connectivity index (χ0v) is 17.6. The Kier molecular flexibility index (Phi) is 5.65. The van der Waals surface area contributed by atoms with Crippen LogP contribution in [0.15, 0.2) is 57.7 Å². The van der Waals surface area contributed by atoms with Crippen LogP contribution in [0, 0.1) is 11.6 Å². The van der Waals surface area contributed by atoms with Gasteiger partial charge in [0.15, 0.2) is 5.78 Å². The first-order valence-corrected chi connectivity index (χ1v) is 10.4. The minimum atomic E-state index is -0.733. The van der Waals surface area contributed by atoms with Gasteiger partial charge in [0, 0.05) is 29.5 Å². The lowest BCUT2D eigenvalue weighted by Gasteiger charge is -2.07. The van der Waals surface area contributed by atoms with Gasteiger partial charge >= 0.3 is 5.76 Å². The van der Waals surface area contributed by atoms with Crippen molar-refractivity contribution in [1.29, 1.82) is 0 Å². The topological polar surface area (TPSA) is 65.1 Å². The third-order valence-corrected chi connectivity index (χ3v) is 6.13. The molecule has 8 heteroatoms. The number of benzene rings is 2. The van der Waals surface area contributed by atoms with E-state index in [2.05, 4.69) is 5.10 Å². The van der Waals surface area contributed by atoms with Gasteiger partial charge in [-0.25, -0.2) is 13.6 Å². The van der Waals surface area contributed by atoms with E-state index >= 15 is 0 Å². The lowest BCUT2D eigenvalue weighted by Crippen LogP contribution is -2.09. The molecule has 0 saturated heterocycles. The fourth-order valence-corrected chi connectivity index (χ4v) is 4.29. The van der Waals surface area contributed by atoms with E-state index in [1.807, 2.05) is 31.2 Å². The second-order valence-corrected chi connectivity index (χ2v) is 8.07. The normalized spacial score (nSPS) is 11.1. The van der Waals surface area contributed by atoms with Crippen LogP contribution in [0.4, 0.5) is 8.78 Å². The molecule has 0 spiro atoms. The van der Waals surface area contributed by atoms with E-state index in [0.717, 1.165) is 39.2 Å². The molecule has 2 heterocycles. The number of aryl methyl sites for hydroxylation is 2. The van der Waals surface area contributed by atoms with Crippen molar-refractivity contribution in [3.8, 4) is 21.9 Å². The van der Waals surface area contributed by atoms with Gasteiger partial charge in [-0.1, -0.05) is 19.1 Å². The molecular weight excluding hydrogens is 422 g/mol. The molecule has 0 aliphatic carbocycles. The highest BCUT2D eigenvalue weighted by atomic mass is 32.1. The van der Waals surface area contributed by atoms with Crippen LogP contribution in [-0.4, -0.2) is 15.6 Å². The Balaban J connectivity index is 1.67. The van der Waals surface area contributed by atoms with Crippen molar-refractivity contribution in [2.45, 2.75) is 19.8 Å². The van der Waals surface area contributed by atoms with E-state index in [4.69, 9.17) is 4.42 Å². The van der Waals surface area contributed by atoms with Gasteiger partial charge in [-0.3, -0.25) is 4.79 Å². The van der Waals surface area contributed by atoms with Crippen molar-refractivity contribution in [3.05, 3.63) is 86.7 Å². The summed E-state index contributed by atoms with van der Waals surface area (Å²) in [5.74, 6) is -2.17. The summed E-state index contributed by atoms with van der Waals surface area (Å²) in [5, 5.41) is 4.08. The predicted octanol–water partition coefficient (Wildman–Crippen LogP) is 5.03. The van der Waals surface area contributed by atoms with E-state index in [1.54, 1.807) is 6.07 Å². The van der Waals surface area contributed by atoms with Gasteiger partial charge in [0.2, 0.25) is 5.89 Å². The van der Waals surface area contributed by atoms with Gasteiger partial charge in [0.1, 0.15) is 11.6 Å². The first-order valence-electron chi connectivity index (χ1n) is 9.61. The maximum Gasteiger partial charge on any atom is 0.437 e. The average Bonchev–Trinajstić information content (AvgIpc) is 3.37. The lowest BCUT2D eigenvalue weighted by atomic mass is 10.0. The Morgan fingerprint density at radius 2 is 1.87 bits per heavy atom. The molecule has 0 atom stereocenters. The number of halogens is 2. The Bertz CT molecular complexity index is 1320. The van der Waals surface area contributed by atoms with E-state index in [0.29, 0.717) is 10.4 Å². The molecule has 2 aromatic carbocycles. The summed E-state index contributed by atoms with van der Waals surface area (Å²) in [5.41, 5.74) is 2.33. The third-order valence-electron chi connectivity index (χ3n) is 4.97. The molecule has 158 valence electrons. The van der Waals surface area contributed by atoms with Crippen LogP contribution in [0.25, 0.3) is 21.9 Å². The summed E-state index contributed by atoms with van der Waals surface area (Å²) < 4.78 is 34.1. The molecule has 4 rings (SSSR count). The van der Waals surface area contributed by atoms with Crippen molar-refractivity contribution in [2.24, 2.45) is 7.05 Å². The Morgan fingerprint density at radius 3 is 2.52 bits per heavy atom. The van der Waals surface area contributed by atoms with Gasteiger partial charge < -0.3 is 4.42 Å². The number of ketones is 1. The maximum atomic E-state index is 13.9. The van der Waals surface area contributed by atoms with Crippen molar-refractivity contribution in [1.82, 2.24) is 9.78 Å². The number of thiophene rings is 1. The monoisotopic (exact) mass is 440 g/mol. The molecule has 0 saturated carbocycles. The maximum absolute atomic E-state index is 13.9. The second kappa shape index (κ2) is 8.39. The van der Waals surface area contributed by atoms with E-state index < -0.39 is 17.4 Å². The fraction of sp³-hybridized carbons (Fsp3) is 0.174.